The molecule has 3 rings (SSSR count). The zero-order chi connectivity index (χ0) is 15.9. The second kappa shape index (κ2) is 5.69. The first-order valence-corrected chi connectivity index (χ1v) is 8.36. The van der Waals surface area contributed by atoms with Crippen LogP contribution in [0.5, 0.6) is 0 Å². The molecule has 1 amide bonds. The molecule has 22 heavy (non-hydrogen) atoms. The summed E-state index contributed by atoms with van der Waals surface area (Å²) in [7, 11) is 1.80. The van der Waals surface area contributed by atoms with Crippen LogP contribution in [0.2, 0.25) is 0 Å². The van der Waals surface area contributed by atoms with Crippen molar-refractivity contribution in [1.29, 1.82) is 0 Å². The number of likely N-dealkylation sites (tertiary alicyclic amines) is 1. The summed E-state index contributed by atoms with van der Waals surface area (Å²) in [5.74, 6) is 0.154. The number of aromatic nitrogens is 2. The van der Waals surface area contributed by atoms with Crippen molar-refractivity contribution in [3.8, 4) is 0 Å². The minimum Gasteiger partial charge on any atom is -0.381 e. The van der Waals surface area contributed by atoms with Crippen LogP contribution in [-0.4, -0.2) is 46.4 Å². The predicted molar refractivity (Wildman–Crippen MR) is 84.8 cm³/mol. The molecule has 2 aliphatic rings. The van der Waals surface area contributed by atoms with Gasteiger partial charge in [-0.25, -0.2) is 0 Å². The zero-order valence-electron chi connectivity index (χ0n) is 14.1. The van der Waals surface area contributed by atoms with Gasteiger partial charge in [0.25, 0.3) is 5.91 Å². The molecule has 122 valence electrons. The van der Waals surface area contributed by atoms with Gasteiger partial charge in [0.1, 0.15) is 0 Å². The van der Waals surface area contributed by atoms with Crippen molar-refractivity contribution in [2.24, 2.45) is 5.41 Å². The molecule has 1 aliphatic carbocycles. The highest BCUT2D eigenvalue weighted by atomic mass is 16.5. The summed E-state index contributed by atoms with van der Waals surface area (Å²) in [4.78, 5) is 15.1. The lowest BCUT2D eigenvalue weighted by molar-refractivity contribution is -0.00278. The fraction of sp³-hybridized carbons (Fsp3) is 0.765. The SMILES string of the molecule is CCn1cc(C(=O)N2CC[C@@]3(C)C[C@H](OC)CC[C@@H]23)c(C)n1. The number of aryl methyl sites for hydroxylation is 2. The molecule has 3 atom stereocenters. The number of carbonyl (C=O) groups excluding carboxylic acids is 1. The van der Waals surface area contributed by atoms with Crippen molar-refractivity contribution in [2.75, 3.05) is 13.7 Å². The summed E-state index contributed by atoms with van der Waals surface area (Å²) in [6, 6.07) is 0.343. The van der Waals surface area contributed by atoms with Crippen molar-refractivity contribution < 1.29 is 9.53 Å². The molecule has 1 saturated carbocycles. The van der Waals surface area contributed by atoms with Gasteiger partial charge < -0.3 is 9.64 Å². The Kier molecular flexibility index (Phi) is 4.02. The molecular formula is C17H27N3O2. The lowest BCUT2D eigenvalue weighted by atomic mass is 9.71. The number of ether oxygens (including phenoxy) is 1. The van der Waals surface area contributed by atoms with Crippen LogP contribution in [0.25, 0.3) is 0 Å². The first-order valence-electron chi connectivity index (χ1n) is 8.36. The lowest BCUT2D eigenvalue weighted by Crippen LogP contribution is -2.46. The normalized spacial score (nSPS) is 31.4. The van der Waals surface area contributed by atoms with Gasteiger partial charge in [-0.05, 0) is 44.9 Å². The minimum absolute atomic E-state index is 0.154. The number of hydrogen-bond acceptors (Lipinski definition) is 3. The number of amides is 1. The van der Waals surface area contributed by atoms with Gasteiger partial charge in [0.15, 0.2) is 0 Å². The molecule has 1 aromatic heterocycles. The van der Waals surface area contributed by atoms with Gasteiger partial charge in [-0.1, -0.05) is 6.92 Å². The first-order chi connectivity index (χ1) is 10.5. The Bertz CT molecular complexity index is 568. The molecule has 0 N–H and O–H groups in total. The average molecular weight is 305 g/mol. The van der Waals surface area contributed by atoms with Gasteiger partial charge in [-0.15, -0.1) is 0 Å². The van der Waals surface area contributed by atoms with Gasteiger partial charge in [-0.2, -0.15) is 5.10 Å². The van der Waals surface area contributed by atoms with Crippen LogP contribution in [0.3, 0.4) is 0 Å². The van der Waals surface area contributed by atoms with Gasteiger partial charge >= 0.3 is 0 Å². The fourth-order valence-corrected chi connectivity index (χ4v) is 4.27. The number of nitrogens with zero attached hydrogens (tertiary/aromatic N) is 3. The lowest BCUT2D eigenvalue weighted by Gasteiger charge is -2.42. The Morgan fingerprint density at radius 2 is 2.27 bits per heavy atom. The molecule has 0 radical (unpaired) electrons. The van der Waals surface area contributed by atoms with Crippen LogP contribution in [-0.2, 0) is 11.3 Å². The van der Waals surface area contributed by atoms with Crippen LogP contribution < -0.4 is 0 Å². The summed E-state index contributed by atoms with van der Waals surface area (Å²) in [6.45, 7) is 7.94. The molecule has 2 heterocycles. The molecular weight excluding hydrogens is 278 g/mol. The van der Waals surface area contributed by atoms with E-state index in [-0.39, 0.29) is 11.3 Å². The zero-order valence-corrected chi connectivity index (χ0v) is 14.1. The van der Waals surface area contributed by atoms with Crippen LogP contribution >= 0.6 is 0 Å². The van der Waals surface area contributed by atoms with E-state index in [0.29, 0.717) is 12.1 Å². The largest absolute Gasteiger partial charge is 0.381 e. The highest BCUT2D eigenvalue weighted by molar-refractivity contribution is 5.95. The number of rotatable bonds is 3. The van der Waals surface area contributed by atoms with E-state index in [4.69, 9.17) is 4.74 Å². The topological polar surface area (TPSA) is 47.4 Å². The Hall–Kier alpha value is -1.36. The molecule has 0 unspecified atom stereocenters. The maximum Gasteiger partial charge on any atom is 0.257 e. The smallest absolute Gasteiger partial charge is 0.257 e. The van der Waals surface area contributed by atoms with Crippen molar-refractivity contribution in [3.63, 3.8) is 0 Å². The van der Waals surface area contributed by atoms with E-state index in [2.05, 4.69) is 16.9 Å². The number of methoxy groups -OCH3 is 1. The van der Waals surface area contributed by atoms with Gasteiger partial charge in [0.2, 0.25) is 0 Å². The minimum atomic E-state index is 0.154. The molecule has 2 fully saturated rings. The Labute approximate surface area is 132 Å². The molecule has 0 spiro atoms. The van der Waals surface area contributed by atoms with Crippen molar-refractivity contribution in [2.45, 2.75) is 65.1 Å². The highest BCUT2D eigenvalue weighted by Gasteiger charge is 2.49. The third kappa shape index (κ3) is 2.45. The van der Waals surface area contributed by atoms with E-state index in [9.17, 15) is 4.79 Å². The van der Waals surface area contributed by atoms with E-state index in [1.54, 1.807) is 7.11 Å². The van der Waals surface area contributed by atoms with Crippen molar-refractivity contribution >= 4 is 5.91 Å². The Morgan fingerprint density at radius 1 is 1.50 bits per heavy atom. The van der Waals surface area contributed by atoms with Crippen LogP contribution in [0.1, 0.15) is 55.6 Å². The quantitative estimate of drug-likeness (QED) is 0.862. The predicted octanol–water partition coefficient (Wildman–Crippen LogP) is 2.63. The second-order valence-electron chi connectivity index (χ2n) is 7.04. The molecule has 1 aliphatic heterocycles. The molecule has 1 aromatic rings. The number of carbonyl (C=O) groups is 1. The number of hydrogen-bond donors (Lipinski definition) is 0. The standard InChI is InChI=1S/C17H27N3O2/c1-5-19-11-14(12(2)18-19)16(21)20-9-8-17(3)10-13(22-4)6-7-15(17)20/h11,13,15H,5-10H2,1-4H3/t13-,15-,17+/m1/s1. The van der Waals surface area contributed by atoms with E-state index in [1.807, 2.05) is 24.7 Å². The summed E-state index contributed by atoms with van der Waals surface area (Å²) in [6.07, 6.45) is 6.47. The monoisotopic (exact) mass is 305 g/mol. The molecule has 1 saturated heterocycles. The third-order valence-corrected chi connectivity index (χ3v) is 5.66. The van der Waals surface area contributed by atoms with E-state index in [1.165, 1.54) is 0 Å². The van der Waals surface area contributed by atoms with Gasteiger partial charge in [0.05, 0.1) is 17.4 Å². The van der Waals surface area contributed by atoms with Crippen molar-refractivity contribution in [3.05, 3.63) is 17.5 Å². The summed E-state index contributed by atoms with van der Waals surface area (Å²) < 4.78 is 7.41. The molecule has 0 bridgehead atoms. The van der Waals surface area contributed by atoms with Crippen molar-refractivity contribution in [1.82, 2.24) is 14.7 Å². The molecule has 5 nitrogen and oxygen atoms in total. The maximum absolute atomic E-state index is 13.0. The third-order valence-electron chi connectivity index (χ3n) is 5.66. The fourth-order valence-electron chi connectivity index (χ4n) is 4.27. The summed E-state index contributed by atoms with van der Waals surface area (Å²) in [5.41, 5.74) is 1.80. The van der Waals surface area contributed by atoms with Gasteiger partial charge in [-0.3, -0.25) is 9.48 Å². The van der Waals surface area contributed by atoms with Crippen LogP contribution in [0.4, 0.5) is 0 Å². The summed E-state index contributed by atoms with van der Waals surface area (Å²) >= 11 is 0. The van der Waals surface area contributed by atoms with E-state index in [0.717, 1.165) is 50.0 Å². The highest BCUT2D eigenvalue weighted by Crippen LogP contribution is 2.47. The Balaban J connectivity index is 1.81. The van der Waals surface area contributed by atoms with Crippen LogP contribution in [0.15, 0.2) is 6.20 Å². The first kappa shape index (κ1) is 15.5. The molecule has 5 heteroatoms. The average Bonchev–Trinajstić information content (AvgIpc) is 3.05. The number of fused-ring (bicyclic) bond motifs is 1. The Morgan fingerprint density at radius 3 is 2.91 bits per heavy atom. The second-order valence-corrected chi connectivity index (χ2v) is 7.04. The van der Waals surface area contributed by atoms with Crippen LogP contribution in [0, 0.1) is 12.3 Å². The van der Waals surface area contributed by atoms with E-state index < -0.39 is 0 Å². The van der Waals surface area contributed by atoms with Gasteiger partial charge in [0, 0.05) is 32.4 Å². The maximum atomic E-state index is 13.0. The van der Waals surface area contributed by atoms with E-state index >= 15 is 0 Å². The molecule has 0 aromatic carbocycles. The summed E-state index contributed by atoms with van der Waals surface area (Å²) in [5, 5.41) is 4.42.